The van der Waals surface area contributed by atoms with Crippen molar-refractivity contribution in [3.05, 3.63) is 53.6 Å². The molecule has 0 unspecified atom stereocenters. The maximum atomic E-state index is 12.3. The van der Waals surface area contributed by atoms with E-state index in [0.717, 1.165) is 18.7 Å². The fourth-order valence-corrected chi connectivity index (χ4v) is 2.55. The zero-order valence-electron chi connectivity index (χ0n) is 15.4. The Bertz CT molecular complexity index is 799. The lowest BCUT2D eigenvalue weighted by atomic mass is 10.2. The third kappa shape index (κ3) is 4.98. The molecule has 0 amide bonds. The first-order valence-electron chi connectivity index (χ1n) is 8.60. The van der Waals surface area contributed by atoms with Crippen LogP contribution in [0.25, 0.3) is 0 Å². The van der Waals surface area contributed by atoms with Gasteiger partial charge in [0.15, 0.2) is 11.5 Å². The summed E-state index contributed by atoms with van der Waals surface area (Å²) in [4.78, 5) is 12.3. The molecule has 0 bridgehead atoms. The minimum absolute atomic E-state index is 0.349. The van der Waals surface area contributed by atoms with Gasteiger partial charge < -0.3 is 18.9 Å². The van der Waals surface area contributed by atoms with Crippen molar-refractivity contribution < 1.29 is 23.7 Å². The topological polar surface area (TPSA) is 69.6 Å². The Morgan fingerprint density at radius 3 is 2.44 bits per heavy atom. The average Bonchev–Trinajstić information content (AvgIpc) is 2.73. The molecular formula is C20H22N2O5. The summed E-state index contributed by atoms with van der Waals surface area (Å²) in [5.41, 5.74) is 1.28. The Kier molecular flexibility index (Phi) is 6.27. The van der Waals surface area contributed by atoms with Gasteiger partial charge in [-0.2, -0.15) is 5.10 Å². The SMILES string of the molecule is COc1ccc(C(=O)Oc2ccc(/C=N\N3CCOCC3)cc2OC)cc1. The number of rotatable bonds is 6. The van der Waals surface area contributed by atoms with E-state index in [2.05, 4.69) is 5.10 Å². The number of ether oxygens (including phenoxy) is 4. The molecular weight excluding hydrogens is 348 g/mol. The number of hydrogen-bond acceptors (Lipinski definition) is 7. The zero-order chi connectivity index (χ0) is 19.1. The lowest BCUT2D eigenvalue weighted by Gasteiger charge is -2.23. The predicted molar refractivity (Wildman–Crippen MR) is 101 cm³/mol. The lowest BCUT2D eigenvalue weighted by molar-refractivity contribution is 0.0397. The van der Waals surface area contributed by atoms with Crippen molar-refractivity contribution in [2.24, 2.45) is 5.10 Å². The van der Waals surface area contributed by atoms with Crippen LogP contribution in [0, 0.1) is 0 Å². The first kappa shape index (κ1) is 18.7. The summed E-state index contributed by atoms with van der Waals surface area (Å²) in [6.45, 7) is 2.90. The normalized spacial score (nSPS) is 14.2. The summed E-state index contributed by atoms with van der Waals surface area (Å²) in [7, 11) is 3.10. The average molecular weight is 370 g/mol. The predicted octanol–water partition coefficient (Wildman–Crippen LogP) is 2.59. The van der Waals surface area contributed by atoms with Crippen LogP contribution in [0.5, 0.6) is 17.2 Å². The molecule has 7 nitrogen and oxygen atoms in total. The van der Waals surface area contributed by atoms with E-state index in [0.29, 0.717) is 36.0 Å². The van der Waals surface area contributed by atoms with Gasteiger partial charge in [0.05, 0.1) is 52.3 Å². The maximum Gasteiger partial charge on any atom is 0.343 e. The number of carbonyl (C=O) groups is 1. The highest BCUT2D eigenvalue weighted by atomic mass is 16.6. The molecule has 2 aromatic rings. The molecule has 0 aromatic heterocycles. The second kappa shape index (κ2) is 9.05. The standard InChI is InChI=1S/C20H22N2O5/c1-24-17-6-4-16(5-7-17)20(23)27-18-8-3-15(13-19(18)25-2)14-21-22-9-11-26-12-10-22/h3-8,13-14H,9-12H2,1-2H3/b21-14-. The van der Waals surface area contributed by atoms with Gasteiger partial charge in [0, 0.05) is 0 Å². The molecule has 1 heterocycles. The molecule has 0 saturated carbocycles. The largest absolute Gasteiger partial charge is 0.497 e. The van der Waals surface area contributed by atoms with Gasteiger partial charge in [0.2, 0.25) is 0 Å². The summed E-state index contributed by atoms with van der Waals surface area (Å²) in [6.07, 6.45) is 1.75. The van der Waals surface area contributed by atoms with Crippen molar-refractivity contribution in [1.29, 1.82) is 0 Å². The van der Waals surface area contributed by atoms with Crippen LogP contribution in [-0.4, -0.2) is 57.7 Å². The smallest absolute Gasteiger partial charge is 0.343 e. The van der Waals surface area contributed by atoms with Crippen molar-refractivity contribution >= 4 is 12.2 Å². The number of benzene rings is 2. The van der Waals surface area contributed by atoms with Crippen LogP contribution in [0.3, 0.4) is 0 Å². The van der Waals surface area contributed by atoms with Gasteiger partial charge in [-0.15, -0.1) is 0 Å². The van der Waals surface area contributed by atoms with Gasteiger partial charge in [-0.05, 0) is 48.0 Å². The van der Waals surface area contributed by atoms with Gasteiger partial charge in [-0.25, -0.2) is 4.79 Å². The molecule has 0 radical (unpaired) electrons. The summed E-state index contributed by atoms with van der Waals surface area (Å²) < 4.78 is 21.2. The molecule has 3 rings (SSSR count). The van der Waals surface area contributed by atoms with Crippen LogP contribution in [0.4, 0.5) is 0 Å². The number of methoxy groups -OCH3 is 2. The van der Waals surface area contributed by atoms with E-state index in [1.807, 2.05) is 11.1 Å². The van der Waals surface area contributed by atoms with E-state index in [4.69, 9.17) is 18.9 Å². The Balaban J connectivity index is 1.69. The monoisotopic (exact) mass is 370 g/mol. The van der Waals surface area contributed by atoms with Crippen LogP contribution in [0.2, 0.25) is 0 Å². The molecule has 27 heavy (non-hydrogen) atoms. The Labute approximate surface area is 158 Å². The summed E-state index contributed by atoms with van der Waals surface area (Å²) in [5, 5.41) is 6.39. The molecule has 1 aliphatic rings. The van der Waals surface area contributed by atoms with Crippen LogP contribution >= 0.6 is 0 Å². The number of hydrogen-bond donors (Lipinski definition) is 0. The minimum atomic E-state index is -0.467. The van der Waals surface area contributed by atoms with E-state index in [-0.39, 0.29) is 0 Å². The Hall–Kier alpha value is -3.06. The number of nitrogens with zero attached hydrogens (tertiary/aromatic N) is 2. The molecule has 142 valence electrons. The van der Waals surface area contributed by atoms with Crippen LogP contribution in [0.1, 0.15) is 15.9 Å². The number of hydrazone groups is 1. The minimum Gasteiger partial charge on any atom is -0.497 e. The van der Waals surface area contributed by atoms with Gasteiger partial charge >= 0.3 is 5.97 Å². The fourth-order valence-electron chi connectivity index (χ4n) is 2.55. The number of carbonyl (C=O) groups excluding carboxylic acids is 1. The summed E-state index contributed by atoms with van der Waals surface area (Å²) in [5.74, 6) is 1.02. The highest BCUT2D eigenvalue weighted by molar-refractivity contribution is 5.91. The van der Waals surface area contributed by atoms with Gasteiger partial charge in [-0.3, -0.25) is 5.01 Å². The third-order valence-corrected chi connectivity index (χ3v) is 4.07. The van der Waals surface area contributed by atoms with Gasteiger partial charge in [0.25, 0.3) is 0 Å². The molecule has 1 fully saturated rings. The molecule has 0 spiro atoms. The van der Waals surface area contributed by atoms with E-state index < -0.39 is 5.97 Å². The molecule has 7 heteroatoms. The fraction of sp³-hybridized carbons (Fsp3) is 0.300. The van der Waals surface area contributed by atoms with Crippen molar-refractivity contribution in [2.45, 2.75) is 0 Å². The highest BCUT2D eigenvalue weighted by Gasteiger charge is 2.13. The van der Waals surface area contributed by atoms with Crippen molar-refractivity contribution in [3.63, 3.8) is 0 Å². The quantitative estimate of drug-likeness (QED) is 0.442. The van der Waals surface area contributed by atoms with Crippen molar-refractivity contribution in [2.75, 3.05) is 40.5 Å². The van der Waals surface area contributed by atoms with E-state index >= 15 is 0 Å². The van der Waals surface area contributed by atoms with Gasteiger partial charge in [0.1, 0.15) is 5.75 Å². The molecule has 0 aliphatic carbocycles. The van der Waals surface area contributed by atoms with E-state index in [1.54, 1.807) is 49.7 Å². The van der Waals surface area contributed by atoms with E-state index in [1.165, 1.54) is 7.11 Å². The van der Waals surface area contributed by atoms with E-state index in [9.17, 15) is 4.79 Å². The molecule has 0 atom stereocenters. The first-order valence-corrected chi connectivity index (χ1v) is 8.60. The second-order valence-electron chi connectivity index (χ2n) is 5.84. The van der Waals surface area contributed by atoms with Crippen LogP contribution in [0.15, 0.2) is 47.6 Å². The Morgan fingerprint density at radius 1 is 1.04 bits per heavy atom. The molecule has 1 aliphatic heterocycles. The summed E-state index contributed by atoms with van der Waals surface area (Å²) >= 11 is 0. The third-order valence-electron chi connectivity index (χ3n) is 4.07. The highest BCUT2D eigenvalue weighted by Crippen LogP contribution is 2.28. The Morgan fingerprint density at radius 2 is 1.78 bits per heavy atom. The molecule has 0 N–H and O–H groups in total. The second-order valence-corrected chi connectivity index (χ2v) is 5.84. The van der Waals surface area contributed by atoms with Gasteiger partial charge in [-0.1, -0.05) is 0 Å². The van der Waals surface area contributed by atoms with Crippen LogP contribution in [-0.2, 0) is 4.74 Å². The molecule has 1 saturated heterocycles. The lowest BCUT2D eigenvalue weighted by Crippen LogP contribution is -2.32. The summed E-state index contributed by atoms with van der Waals surface area (Å²) in [6, 6.07) is 12.0. The first-order chi connectivity index (χ1) is 13.2. The van der Waals surface area contributed by atoms with Crippen LogP contribution < -0.4 is 14.2 Å². The van der Waals surface area contributed by atoms with Crippen molar-refractivity contribution in [1.82, 2.24) is 5.01 Å². The zero-order valence-corrected chi connectivity index (χ0v) is 15.4. The maximum absolute atomic E-state index is 12.3. The van der Waals surface area contributed by atoms with Crippen molar-refractivity contribution in [3.8, 4) is 17.2 Å². The number of esters is 1. The number of morpholine rings is 1. The molecule has 2 aromatic carbocycles.